The van der Waals surface area contributed by atoms with Crippen LogP contribution in [0.2, 0.25) is 5.02 Å². The first-order valence-electron chi connectivity index (χ1n) is 9.71. The maximum absolute atomic E-state index is 12.9. The van der Waals surface area contributed by atoms with E-state index in [1.165, 1.54) is 32.1 Å². The fraction of sp³-hybridized carbons (Fsp3) is 0.381. The first kappa shape index (κ1) is 22.6. The number of carbonyl (C=O) groups is 1. The maximum atomic E-state index is 12.9. The van der Waals surface area contributed by atoms with Gasteiger partial charge in [0.2, 0.25) is 10.0 Å². The summed E-state index contributed by atoms with van der Waals surface area (Å²) in [5.74, 6) is -0.153. The molecule has 0 spiro atoms. The molecule has 1 fully saturated rings. The van der Waals surface area contributed by atoms with Gasteiger partial charge in [0, 0.05) is 36.3 Å². The van der Waals surface area contributed by atoms with Gasteiger partial charge in [-0.2, -0.15) is 0 Å². The van der Waals surface area contributed by atoms with Crippen LogP contribution in [0.15, 0.2) is 47.4 Å². The molecule has 162 valence electrons. The van der Waals surface area contributed by atoms with E-state index in [1.54, 1.807) is 30.3 Å². The van der Waals surface area contributed by atoms with E-state index in [-0.39, 0.29) is 28.7 Å². The lowest BCUT2D eigenvalue weighted by Gasteiger charge is -2.16. The smallest absolute Gasteiger partial charge is 0.251 e. The van der Waals surface area contributed by atoms with Crippen LogP contribution in [0.3, 0.4) is 0 Å². The first-order valence-corrected chi connectivity index (χ1v) is 11.6. The van der Waals surface area contributed by atoms with Crippen LogP contribution in [-0.2, 0) is 16.6 Å². The van der Waals surface area contributed by atoms with Crippen LogP contribution in [0, 0.1) is 0 Å². The lowest BCUT2D eigenvalue weighted by Crippen LogP contribution is -2.34. The second kappa shape index (κ2) is 9.78. The molecule has 0 bridgehead atoms. The van der Waals surface area contributed by atoms with Crippen molar-refractivity contribution in [3.8, 4) is 5.75 Å². The normalized spacial score (nSPS) is 14.0. The molecule has 2 aromatic carbocycles. The Kier molecular flexibility index (Phi) is 7.36. The van der Waals surface area contributed by atoms with Gasteiger partial charge in [-0.1, -0.05) is 23.7 Å². The van der Waals surface area contributed by atoms with Gasteiger partial charge in [0.25, 0.3) is 5.91 Å². The topological polar surface area (TPSA) is 87.7 Å². The van der Waals surface area contributed by atoms with Crippen molar-refractivity contribution < 1.29 is 17.9 Å². The minimum Gasteiger partial charge on any atom is -0.495 e. The maximum Gasteiger partial charge on any atom is 0.251 e. The van der Waals surface area contributed by atoms with Gasteiger partial charge in [0.15, 0.2) is 0 Å². The Morgan fingerprint density at radius 1 is 1.20 bits per heavy atom. The lowest BCUT2D eigenvalue weighted by atomic mass is 10.2. The van der Waals surface area contributed by atoms with Gasteiger partial charge >= 0.3 is 0 Å². The molecule has 1 saturated carbocycles. The van der Waals surface area contributed by atoms with Crippen molar-refractivity contribution in [2.75, 3.05) is 27.2 Å². The third kappa shape index (κ3) is 5.95. The number of amides is 1. The SMILES string of the molecule is COc1ccc(C(=O)NCCN(C)C2CC2)cc1S(=O)(=O)NCc1ccc(Cl)cc1. The number of nitrogens with one attached hydrogen (secondary N) is 2. The quantitative estimate of drug-likeness (QED) is 0.579. The summed E-state index contributed by atoms with van der Waals surface area (Å²) in [6, 6.07) is 11.9. The summed E-state index contributed by atoms with van der Waals surface area (Å²) in [4.78, 5) is 14.6. The standard InChI is InChI=1S/C21H26ClN3O4S/c1-25(18-8-9-18)12-11-23-21(26)16-5-10-19(29-2)20(13-16)30(27,28)24-14-15-3-6-17(22)7-4-15/h3-7,10,13,18,24H,8-9,11-12,14H2,1-2H3,(H,23,26). The van der Waals surface area contributed by atoms with E-state index in [4.69, 9.17) is 16.3 Å². The number of nitrogens with zero attached hydrogens (tertiary/aromatic N) is 1. The van der Waals surface area contributed by atoms with E-state index in [0.29, 0.717) is 17.6 Å². The number of likely N-dealkylation sites (N-methyl/N-ethyl adjacent to an activating group) is 1. The van der Waals surface area contributed by atoms with Crippen molar-refractivity contribution >= 4 is 27.5 Å². The molecule has 0 aromatic heterocycles. The van der Waals surface area contributed by atoms with Crippen molar-refractivity contribution in [2.24, 2.45) is 0 Å². The van der Waals surface area contributed by atoms with Crippen LogP contribution in [0.5, 0.6) is 5.75 Å². The molecule has 1 amide bonds. The number of hydrogen-bond acceptors (Lipinski definition) is 5. The predicted octanol–water partition coefficient (Wildman–Crippen LogP) is 2.65. The van der Waals surface area contributed by atoms with Gasteiger partial charge in [-0.05, 0) is 55.8 Å². The monoisotopic (exact) mass is 451 g/mol. The molecule has 0 unspecified atom stereocenters. The highest BCUT2D eigenvalue weighted by Crippen LogP contribution is 2.26. The lowest BCUT2D eigenvalue weighted by molar-refractivity contribution is 0.0949. The van der Waals surface area contributed by atoms with Crippen LogP contribution < -0.4 is 14.8 Å². The van der Waals surface area contributed by atoms with Gasteiger partial charge < -0.3 is 15.0 Å². The van der Waals surface area contributed by atoms with Crippen LogP contribution in [0.4, 0.5) is 0 Å². The van der Waals surface area contributed by atoms with Gasteiger partial charge in [0.05, 0.1) is 7.11 Å². The average molecular weight is 452 g/mol. The number of carbonyl (C=O) groups excluding carboxylic acids is 1. The Morgan fingerprint density at radius 3 is 2.53 bits per heavy atom. The van der Waals surface area contributed by atoms with Crippen LogP contribution in [0.1, 0.15) is 28.8 Å². The largest absolute Gasteiger partial charge is 0.495 e. The van der Waals surface area contributed by atoms with Gasteiger partial charge in [0.1, 0.15) is 10.6 Å². The molecule has 2 aromatic rings. The fourth-order valence-corrected chi connectivity index (χ4v) is 4.37. The van der Waals surface area contributed by atoms with Crippen molar-refractivity contribution in [2.45, 2.75) is 30.3 Å². The van der Waals surface area contributed by atoms with Crippen molar-refractivity contribution in [3.63, 3.8) is 0 Å². The van der Waals surface area contributed by atoms with E-state index >= 15 is 0 Å². The number of benzene rings is 2. The highest BCUT2D eigenvalue weighted by atomic mass is 35.5. The van der Waals surface area contributed by atoms with Crippen molar-refractivity contribution in [1.82, 2.24) is 14.9 Å². The number of halogens is 1. The number of methoxy groups -OCH3 is 1. The van der Waals surface area contributed by atoms with E-state index < -0.39 is 10.0 Å². The molecule has 0 saturated heterocycles. The highest BCUT2D eigenvalue weighted by Gasteiger charge is 2.26. The number of sulfonamides is 1. The van der Waals surface area contributed by atoms with Gasteiger partial charge in [-0.3, -0.25) is 4.79 Å². The zero-order valence-corrected chi connectivity index (χ0v) is 18.6. The minimum absolute atomic E-state index is 0.0817. The summed E-state index contributed by atoms with van der Waals surface area (Å²) in [5.41, 5.74) is 1.02. The number of hydrogen-bond donors (Lipinski definition) is 2. The minimum atomic E-state index is -3.90. The van der Waals surface area contributed by atoms with Gasteiger partial charge in [-0.25, -0.2) is 13.1 Å². The van der Waals surface area contributed by atoms with Gasteiger partial charge in [-0.15, -0.1) is 0 Å². The Balaban J connectivity index is 1.68. The van der Waals surface area contributed by atoms with Crippen molar-refractivity contribution in [3.05, 3.63) is 58.6 Å². The van der Waals surface area contributed by atoms with Crippen molar-refractivity contribution in [1.29, 1.82) is 0 Å². The molecule has 7 nitrogen and oxygen atoms in total. The zero-order valence-electron chi connectivity index (χ0n) is 17.0. The fourth-order valence-electron chi connectivity index (χ4n) is 3.03. The average Bonchev–Trinajstić information content (AvgIpc) is 3.58. The molecule has 1 aliphatic rings. The van der Waals surface area contributed by atoms with E-state index in [1.807, 2.05) is 7.05 Å². The van der Waals surface area contributed by atoms with E-state index in [0.717, 1.165) is 12.1 Å². The Hall–Kier alpha value is -2.13. The van der Waals surface area contributed by atoms with E-state index in [9.17, 15) is 13.2 Å². The molecule has 2 N–H and O–H groups in total. The van der Waals surface area contributed by atoms with Crippen LogP contribution in [-0.4, -0.2) is 52.5 Å². The Morgan fingerprint density at radius 2 is 1.90 bits per heavy atom. The third-order valence-corrected chi connectivity index (χ3v) is 6.69. The zero-order chi connectivity index (χ0) is 21.7. The number of ether oxygens (including phenoxy) is 1. The summed E-state index contributed by atoms with van der Waals surface area (Å²) < 4.78 is 33.5. The summed E-state index contributed by atoms with van der Waals surface area (Å²) in [6.45, 7) is 1.34. The first-order chi connectivity index (χ1) is 14.3. The summed E-state index contributed by atoms with van der Waals surface area (Å²) >= 11 is 5.86. The Bertz CT molecular complexity index is 992. The molecule has 0 heterocycles. The molecular formula is C21H26ClN3O4S. The highest BCUT2D eigenvalue weighted by molar-refractivity contribution is 7.89. The molecule has 0 radical (unpaired) electrons. The predicted molar refractivity (Wildman–Crippen MR) is 116 cm³/mol. The molecule has 3 rings (SSSR count). The summed E-state index contributed by atoms with van der Waals surface area (Å²) in [7, 11) is -0.475. The van der Waals surface area contributed by atoms with Crippen LogP contribution in [0.25, 0.3) is 0 Å². The molecule has 1 aliphatic carbocycles. The number of rotatable bonds is 10. The molecule has 0 aliphatic heterocycles. The van der Waals surface area contributed by atoms with E-state index in [2.05, 4.69) is 14.9 Å². The second-order valence-corrected chi connectivity index (χ2v) is 9.46. The summed E-state index contributed by atoms with van der Waals surface area (Å²) in [5, 5.41) is 3.42. The third-order valence-electron chi connectivity index (χ3n) is 5.02. The second-order valence-electron chi connectivity index (χ2n) is 7.28. The summed E-state index contributed by atoms with van der Waals surface area (Å²) in [6.07, 6.45) is 2.40. The Labute approximate surface area is 182 Å². The van der Waals surface area contributed by atoms with Crippen LogP contribution >= 0.6 is 11.6 Å². The molecule has 9 heteroatoms. The molecule has 0 atom stereocenters. The molecular weight excluding hydrogens is 426 g/mol. The molecule has 30 heavy (non-hydrogen) atoms.